The van der Waals surface area contributed by atoms with Crippen LogP contribution < -0.4 is 15.4 Å². The fourth-order valence-corrected chi connectivity index (χ4v) is 4.94. The molecule has 1 aliphatic carbocycles. The van der Waals surface area contributed by atoms with Gasteiger partial charge in [-0.15, -0.1) is 0 Å². The van der Waals surface area contributed by atoms with Crippen LogP contribution in [0.2, 0.25) is 0 Å². The first-order chi connectivity index (χ1) is 18.6. The molecule has 3 aromatic rings. The van der Waals surface area contributed by atoms with Crippen molar-refractivity contribution in [1.29, 1.82) is 0 Å². The summed E-state index contributed by atoms with van der Waals surface area (Å²) in [7, 11) is 1.60. The van der Waals surface area contributed by atoms with E-state index in [9.17, 15) is 9.18 Å². The zero-order chi connectivity index (χ0) is 26.9. The number of furan rings is 1. The molecule has 4 rings (SSSR count). The van der Waals surface area contributed by atoms with E-state index in [1.807, 2.05) is 12.3 Å². The molecular weight excluding hydrogens is 521 g/mol. The van der Waals surface area contributed by atoms with Gasteiger partial charge >= 0.3 is 0 Å². The lowest BCUT2D eigenvalue weighted by Crippen LogP contribution is -2.22. The number of nitrogens with zero attached hydrogens (tertiary/aromatic N) is 1. The number of rotatable bonds is 16. The highest BCUT2D eigenvalue weighted by atomic mass is 32.2. The molecule has 3 N–H and O–H groups in total. The Bertz CT molecular complexity index is 1200. The summed E-state index contributed by atoms with van der Waals surface area (Å²) in [5, 5.41) is 3.49. The van der Waals surface area contributed by atoms with Gasteiger partial charge in [0.2, 0.25) is 0 Å². The number of anilines is 1. The average Bonchev–Trinajstić information content (AvgIpc) is 3.71. The van der Waals surface area contributed by atoms with Gasteiger partial charge in [0.05, 0.1) is 57.4 Å². The van der Waals surface area contributed by atoms with Crippen molar-refractivity contribution in [1.82, 2.24) is 5.32 Å². The minimum Gasteiger partial charge on any atom is -0.455 e. The topological polar surface area (TPSA) is 99.2 Å². The fourth-order valence-electron chi connectivity index (χ4n) is 4.32. The molecule has 1 saturated carbocycles. The molecule has 0 spiro atoms. The van der Waals surface area contributed by atoms with E-state index in [0.29, 0.717) is 81.1 Å². The molecule has 39 heavy (non-hydrogen) atoms. The highest BCUT2D eigenvalue weighted by Crippen LogP contribution is 2.48. The lowest BCUT2D eigenvalue weighted by Gasteiger charge is -2.24. The Kier molecular flexibility index (Phi) is 12.1. The number of amides is 1. The maximum Gasteiger partial charge on any atom is 0.255 e. The van der Waals surface area contributed by atoms with Crippen molar-refractivity contribution < 1.29 is 27.8 Å². The van der Waals surface area contributed by atoms with Crippen LogP contribution in [0.25, 0.3) is 22.3 Å². The molecule has 0 unspecified atom stereocenters. The molecule has 0 atom stereocenters. The summed E-state index contributed by atoms with van der Waals surface area (Å²) in [6.45, 7) is 4.33. The van der Waals surface area contributed by atoms with E-state index in [-0.39, 0.29) is 19.2 Å². The fraction of sp³-hybridized carbons (Fsp3) is 0.483. The molecule has 1 amide bonds. The van der Waals surface area contributed by atoms with Gasteiger partial charge < -0.3 is 34.0 Å². The zero-order valence-electron chi connectivity index (χ0n) is 22.0. The lowest BCUT2D eigenvalue weighted by molar-refractivity contribution is 0.0176. The summed E-state index contributed by atoms with van der Waals surface area (Å²) in [4.78, 5) is 12.9. The predicted molar refractivity (Wildman–Crippen MR) is 156 cm³/mol. The summed E-state index contributed by atoms with van der Waals surface area (Å²) in [6.07, 6.45) is 4.26. The number of carbonyl (C=O) groups is 1. The van der Waals surface area contributed by atoms with Crippen molar-refractivity contribution in [2.24, 2.45) is 5.73 Å². The number of nitrogens with one attached hydrogen (secondary N) is 1. The molecule has 1 heterocycles. The van der Waals surface area contributed by atoms with Crippen molar-refractivity contribution in [3.8, 4) is 11.3 Å². The standard InChI is InChI=1S/C28H36FN3O5S.CH4/c1-31-28(33)26-23-17-22(19-3-4-19)24(18-25(23)37-27(26)20-5-7-21(29)8-6-20)32(38-2)10-12-35-14-16-36-15-13-34-11-9-30;/h5-8,17-19H,3-4,9-16,30H2,1-2H3,(H,31,33);1H4. The van der Waals surface area contributed by atoms with Crippen LogP contribution in [0.4, 0.5) is 10.1 Å². The van der Waals surface area contributed by atoms with Crippen molar-refractivity contribution >= 4 is 34.5 Å². The van der Waals surface area contributed by atoms with E-state index in [2.05, 4.69) is 15.7 Å². The largest absolute Gasteiger partial charge is 0.455 e. The van der Waals surface area contributed by atoms with Gasteiger partial charge in [0, 0.05) is 36.9 Å². The lowest BCUT2D eigenvalue weighted by atomic mass is 10.0. The maximum absolute atomic E-state index is 13.6. The summed E-state index contributed by atoms with van der Waals surface area (Å²) >= 11 is 1.62. The highest BCUT2D eigenvalue weighted by molar-refractivity contribution is 7.99. The van der Waals surface area contributed by atoms with Crippen molar-refractivity contribution in [2.45, 2.75) is 26.2 Å². The molecule has 0 aliphatic heterocycles. The monoisotopic (exact) mass is 561 g/mol. The first-order valence-corrected chi connectivity index (χ1v) is 14.1. The van der Waals surface area contributed by atoms with Crippen LogP contribution in [0.3, 0.4) is 0 Å². The van der Waals surface area contributed by atoms with Crippen LogP contribution in [-0.4, -0.2) is 71.9 Å². The minimum absolute atomic E-state index is 0. The molecule has 0 radical (unpaired) electrons. The summed E-state index contributed by atoms with van der Waals surface area (Å²) < 4.78 is 38.6. The van der Waals surface area contributed by atoms with Gasteiger partial charge in [-0.1, -0.05) is 19.4 Å². The number of ether oxygens (including phenoxy) is 3. The molecule has 8 nitrogen and oxygen atoms in total. The van der Waals surface area contributed by atoms with Gasteiger partial charge in [0.1, 0.15) is 17.2 Å². The average molecular weight is 562 g/mol. The first kappa shape index (κ1) is 30.9. The quantitative estimate of drug-likeness (QED) is 0.182. The van der Waals surface area contributed by atoms with Crippen LogP contribution in [0.5, 0.6) is 0 Å². The Balaban J connectivity index is 0.00000420. The van der Waals surface area contributed by atoms with E-state index in [1.54, 1.807) is 31.1 Å². The molecule has 1 aromatic heterocycles. The highest BCUT2D eigenvalue weighted by Gasteiger charge is 2.31. The maximum atomic E-state index is 13.6. The van der Waals surface area contributed by atoms with Crippen LogP contribution in [0.1, 0.15) is 42.1 Å². The van der Waals surface area contributed by atoms with Gasteiger partial charge in [-0.05, 0) is 54.7 Å². The van der Waals surface area contributed by atoms with Crippen molar-refractivity contribution in [3.63, 3.8) is 0 Å². The predicted octanol–water partition coefficient (Wildman–Crippen LogP) is 5.20. The summed E-state index contributed by atoms with van der Waals surface area (Å²) in [5.74, 6) is 0.304. The van der Waals surface area contributed by atoms with E-state index in [4.69, 9.17) is 24.4 Å². The Hall–Kier alpha value is -2.63. The van der Waals surface area contributed by atoms with E-state index < -0.39 is 0 Å². The molecular formula is C29H40FN3O5S. The zero-order valence-corrected chi connectivity index (χ0v) is 22.8. The number of fused-ring (bicyclic) bond motifs is 1. The third-order valence-electron chi connectivity index (χ3n) is 6.35. The van der Waals surface area contributed by atoms with Crippen molar-refractivity contribution in [3.05, 3.63) is 53.3 Å². The second kappa shape index (κ2) is 15.2. The van der Waals surface area contributed by atoms with E-state index in [0.717, 1.165) is 23.9 Å². The molecule has 1 aliphatic rings. The smallest absolute Gasteiger partial charge is 0.255 e. The molecule has 0 saturated heterocycles. The summed E-state index contributed by atoms with van der Waals surface area (Å²) in [6, 6.07) is 10.1. The van der Waals surface area contributed by atoms with Gasteiger partial charge in [-0.2, -0.15) is 0 Å². The Morgan fingerprint density at radius 3 is 2.31 bits per heavy atom. The molecule has 1 fully saturated rings. The number of hydrogen-bond donors (Lipinski definition) is 2. The van der Waals surface area contributed by atoms with Gasteiger partial charge in [0.25, 0.3) is 5.91 Å². The van der Waals surface area contributed by atoms with E-state index >= 15 is 0 Å². The Morgan fingerprint density at radius 1 is 1.08 bits per heavy atom. The second-order valence-corrected chi connectivity index (χ2v) is 9.79. The van der Waals surface area contributed by atoms with Gasteiger partial charge in [-0.3, -0.25) is 4.79 Å². The summed E-state index contributed by atoms with van der Waals surface area (Å²) in [5.41, 5.74) is 9.39. The number of nitrogens with two attached hydrogens (primary N) is 1. The minimum atomic E-state index is -0.342. The first-order valence-electron chi connectivity index (χ1n) is 12.9. The van der Waals surface area contributed by atoms with Crippen LogP contribution >= 0.6 is 11.9 Å². The number of carbonyl (C=O) groups excluding carboxylic acids is 1. The van der Waals surface area contributed by atoms with Gasteiger partial charge in [0.15, 0.2) is 0 Å². The molecule has 2 aromatic carbocycles. The van der Waals surface area contributed by atoms with Crippen LogP contribution in [0.15, 0.2) is 40.8 Å². The molecule has 214 valence electrons. The third-order valence-corrected chi connectivity index (χ3v) is 7.17. The van der Waals surface area contributed by atoms with Crippen molar-refractivity contribution in [2.75, 3.05) is 70.3 Å². The Labute approximate surface area is 234 Å². The molecule has 0 bridgehead atoms. The molecule has 10 heteroatoms. The van der Waals surface area contributed by atoms with Gasteiger partial charge in [-0.25, -0.2) is 4.39 Å². The number of benzene rings is 2. The van der Waals surface area contributed by atoms with Crippen LogP contribution in [0, 0.1) is 5.82 Å². The van der Waals surface area contributed by atoms with E-state index in [1.165, 1.54) is 17.7 Å². The second-order valence-electron chi connectivity index (χ2n) is 8.98. The number of halogens is 1. The van der Waals surface area contributed by atoms with Crippen LogP contribution in [-0.2, 0) is 14.2 Å². The normalized spacial score (nSPS) is 12.9. The Morgan fingerprint density at radius 2 is 1.72 bits per heavy atom. The SMILES string of the molecule is C.CNC(=O)c1c(-c2ccc(F)cc2)oc2cc(N(CCOCCOCCOCCN)SC)c(C3CC3)cc12. The number of hydrogen-bond acceptors (Lipinski definition) is 8. The third kappa shape index (κ3) is 7.95.